The number of amides is 1. The van der Waals surface area contributed by atoms with E-state index in [0.29, 0.717) is 31.7 Å². The first kappa shape index (κ1) is 21.3. The minimum absolute atomic E-state index is 0.0236. The molecule has 0 aromatic heterocycles. The Morgan fingerprint density at radius 2 is 2.04 bits per heavy atom. The molecule has 1 aliphatic heterocycles. The van der Waals surface area contributed by atoms with Crippen LogP contribution >= 0.6 is 0 Å². The maximum atomic E-state index is 13.4. The van der Waals surface area contributed by atoms with Gasteiger partial charge >= 0.3 is 0 Å². The maximum absolute atomic E-state index is 13.4. The van der Waals surface area contributed by atoms with Gasteiger partial charge in [0, 0.05) is 38.4 Å². The van der Waals surface area contributed by atoms with Gasteiger partial charge in [0.2, 0.25) is 10.0 Å². The maximum Gasteiger partial charge on any atom is 0.251 e. The van der Waals surface area contributed by atoms with Crippen LogP contribution in [0.25, 0.3) is 0 Å². The van der Waals surface area contributed by atoms with Crippen LogP contribution in [0.15, 0.2) is 29.2 Å². The molecular formula is C21H32N2O4S. The summed E-state index contributed by atoms with van der Waals surface area (Å²) in [4.78, 5) is 12.6. The first-order valence-electron chi connectivity index (χ1n) is 9.95. The minimum atomic E-state index is -3.63. The fourth-order valence-corrected chi connectivity index (χ4v) is 6.96. The predicted molar refractivity (Wildman–Crippen MR) is 109 cm³/mol. The Bertz CT molecular complexity index is 837. The van der Waals surface area contributed by atoms with Crippen molar-refractivity contribution in [3.8, 4) is 0 Å². The summed E-state index contributed by atoms with van der Waals surface area (Å²) in [5.41, 5.74) is 0.536. The molecule has 1 heterocycles. The zero-order chi connectivity index (χ0) is 20.6. The van der Waals surface area contributed by atoms with Gasteiger partial charge in [-0.3, -0.25) is 4.79 Å². The van der Waals surface area contributed by atoms with E-state index in [9.17, 15) is 13.2 Å². The van der Waals surface area contributed by atoms with Crippen molar-refractivity contribution < 1.29 is 17.9 Å². The third-order valence-electron chi connectivity index (χ3n) is 5.88. The molecule has 1 N–H and O–H groups in total. The van der Waals surface area contributed by atoms with E-state index in [4.69, 9.17) is 4.74 Å². The molecule has 1 amide bonds. The van der Waals surface area contributed by atoms with E-state index >= 15 is 0 Å². The molecule has 2 aliphatic rings. The summed E-state index contributed by atoms with van der Waals surface area (Å²) in [5, 5.41) is 2.81. The summed E-state index contributed by atoms with van der Waals surface area (Å²) in [6, 6.07) is 6.41. The van der Waals surface area contributed by atoms with Crippen LogP contribution in [-0.4, -0.2) is 51.5 Å². The molecule has 1 aromatic rings. The molecule has 1 aromatic carbocycles. The molecule has 6 nitrogen and oxygen atoms in total. The number of carbonyl (C=O) groups excluding carboxylic acids is 1. The molecule has 0 unspecified atom stereocenters. The number of fused-ring (bicyclic) bond motifs is 2. The zero-order valence-electron chi connectivity index (χ0n) is 17.3. The molecule has 28 heavy (non-hydrogen) atoms. The van der Waals surface area contributed by atoms with E-state index in [1.807, 2.05) is 0 Å². The van der Waals surface area contributed by atoms with Gasteiger partial charge in [0.15, 0.2) is 0 Å². The van der Waals surface area contributed by atoms with Crippen molar-refractivity contribution in [2.45, 2.75) is 57.4 Å². The Hall–Kier alpha value is -1.44. The van der Waals surface area contributed by atoms with Gasteiger partial charge in [-0.1, -0.05) is 26.8 Å². The van der Waals surface area contributed by atoms with Crippen molar-refractivity contribution in [1.29, 1.82) is 0 Å². The zero-order valence-corrected chi connectivity index (χ0v) is 18.1. The monoisotopic (exact) mass is 408 g/mol. The molecular weight excluding hydrogens is 376 g/mol. The van der Waals surface area contributed by atoms with Gasteiger partial charge in [-0.2, -0.15) is 4.31 Å². The van der Waals surface area contributed by atoms with Crippen LogP contribution in [0, 0.1) is 10.8 Å². The molecule has 1 aliphatic carbocycles. The van der Waals surface area contributed by atoms with E-state index in [2.05, 4.69) is 26.1 Å². The predicted octanol–water partition coefficient (Wildman–Crippen LogP) is 3.04. The molecule has 2 bridgehead atoms. The number of carbonyl (C=O) groups is 1. The van der Waals surface area contributed by atoms with Gasteiger partial charge in [0.1, 0.15) is 0 Å². The number of nitrogens with zero attached hydrogens (tertiary/aromatic N) is 1. The number of hydrogen-bond acceptors (Lipinski definition) is 4. The molecule has 3 rings (SSSR count). The van der Waals surface area contributed by atoms with Crippen LogP contribution in [0.4, 0.5) is 0 Å². The largest absolute Gasteiger partial charge is 0.385 e. The lowest BCUT2D eigenvalue weighted by Crippen LogP contribution is -2.37. The molecule has 0 radical (unpaired) electrons. The van der Waals surface area contributed by atoms with Crippen molar-refractivity contribution >= 4 is 15.9 Å². The summed E-state index contributed by atoms with van der Waals surface area (Å²) >= 11 is 0. The summed E-state index contributed by atoms with van der Waals surface area (Å²) in [7, 11) is -2.02. The van der Waals surface area contributed by atoms with Gasteiger partial charge in [-0.15, -0.1) is 0 Å². The van der Waals surface area contributed by atoms with Crippen LogP contribution in [0.5, 0.6) is 0 Å². The van der Waals surface area contributed by atoms with Gasteiger partial charge in [-0.05, 0) is 54.7 Å². The number of rotatable bonds is 7. The highest BCUT2D eigenvalue weighted by molar-refractivity contribution is 7.89. The average Bonchev–Trinajstić information content (AvgIpc) is 2.88. The molecule has 2 atom stereocenters. The Labute approximate surface area is 168 Å². The molecule has 2 fully saturated rings. The van der Waals surface area contributed by atoms with Crippen molar-refractivity contribution in [2.75, 3.05) is 26.8 Å². The molecule has 1 saturated heterocycles. The first-order valence-corrected chi connectivity index (χ1v) is 11.4. The lowest BCUT2D eigenvalue weighted by atomic mass is 9.65. The number of nitrogens with one attached hydrogen (secondary N) is 1. The van der Waals surface area contributed by atoms with Crippen molar-refractivity contribution in [3.63, 3.8) is 0 Å². The molecule has 1 saturated carbocycles. The summed E-state index contributed by atoms with van der Waals surface area (Å²) < 4.78 is 33.4. The highest BCUT2D eigenvalue weighted by Gasteiger charge is 2.53. The fraction of sp³-hybridized carbons (Fsp3) is 0.667. The van der Waals surface area contributed by atoms with Crippen LogP contribution < -0.4 is 5.32 Å². The second-order valence-corrected chi connectivity index (χ2v) is 11.3. The van der Waals surface area contributed by atoms with Crippen molar-refractivity contribution in [1.82, 2.24) is 9.62 Å². The van der Waals surface area contributed by atoms with E-state index in [-0.39, 0.29) is 27.7 Å². The summed E-state index contributed by atoms with van der Waals surface area (Å²) in [6.07, 6.45) is 3.54. The van der Waals surface area contributed by atoms with Gasteiger partial charge in [0.25, 0.3) is 5.91 Å². The minimum Gasteiger partial charge on any atom is -0.385 e. The molecule has 156 valence electrons. The van der Waals surface area contributed by atoms with Crippen molar-refractivity contribution in [2.24, 2.45) is 10.8 Å². The van der Waals surface area contributed by atoms with E-state index in [0.717, 1.165) is 19.3 Å². The third-order valence-corrected chi connectivity index (χ3v) is 7.77. The lowest BCUT2D eigenvalue weighted by Gasteiger charge is -2.39. The van der Waals surface area contributed by atoms with E-state index in [1.165, 1.54) is 6.07 Å². The Morgan fingerprint density at radius 1 is 1.29 bits per heavy atom. The van der Waals surface area contributed by atoms with Crippen LogP contribution in [-0.2, 0) is 14.8 Å². The quantitative estimate of drug-likeness (QED) is 0.704. The first-order chi connectivity index (χ1) is 13.1. The van der Waals surface area contributed by atoms with Crippen LogP contribution in [0.3, 0.4) is 0 Å². The number of benzene rings is 1. The Kier molecular flexibility index (Phi) is 5.90. The van der Waals surface area contributed by atoms with Gasteiger partial charge in [-0.25, -0.2) is 8.42 Å². The number of hydrogen-bond donors (Lipinski definition) is 1. The second kappa shape index (κ2) is 7.76. The van der Waals surface area contributed by atoms with Crippen LogP contribution in [0.1, 0.15) is 56.8 Å². The number of methoxy groups -OCH3 is 1. The van der Waals surface area contributed by atoms with E-state index < -0.39 is 10.0 Å². The highest BCUT2D eigenvalue weighted by Crippen LogP contribution is 2.53. The molecule has 7 heteroatoms. The third kappa shape index (κ3) is 4.42. The lowest BCUT2D eigenvalue weighted by molar-refractivity contribution is 0.0948. The average molecular weight is 409 g/mol. The fourth-order valence-electron chi connectivity index (χ4n) is 5.14. The van der Waals surface area contributed by atoms with Crippen molar-refractivity contribution in [3.05, 3.63) is 29.8 Å². The standard InChI is InChI=1S/C21H32N2O4S/c1-20(2)12-17-13-21(3,14-20)15-23(17)28(25,26)18-8-5-7-16(11-18)19(24)22-9-6-10-27-4/h5,7-8,11,17H,6,9-10,12-15H2,1-4H3,(H,22,24)/t17-,21+/m1/s1. The van der Waals surface area contributed by atoms with Gasteiger partial charge in [0.05, 0.1) is 4.90 Å². The SMILES string of the molecule is COCCCNC(=O)c1cccc(S(=O)(=O)N2C[C@@]3(C)C[C@H]2CC(C)(C)C3)c1. The number of sulfonamides is 1. The smallest absolute Gasteiger partial charge is 0.251 e. The highest BCUT2D eigenvalue weighted by atomic mass is 32.2. The second-order valence-electron chi connectivity index (χ2n) is 9.39. The Balaban J connectivity index is 1.79. The summed E-state index contributed by atoms with van der Waals surface area (Å²) in [5.74, 6) is -0.263. The number of ether oxygens (including phenoxy) is 1. The Morgan fingerprint density at radius 3 is 2.75 bits per heavy atom. The topological polar surface area (TPSA) is 75.7 Å². The summed E-state index contributed by atoms with van der Waals surface area (Å²) in [6.45, 7) is 8.26. The molecule has 0 spiro atoms. The van der Waals surface area contributed by atoms with E-state index in [1.54, 1.807) is 29.6 Å². The van der Waals surface area contributed by atoms with Gasteiger partial charge < -0.3 is 10.1 Å². The van der Waals surface area contributed by atoms with Crippen LogP contribution in [0.2, 0.25) is 0 Å². The normalized spacial score (nSPS) is 26.9.